The molecule has 36 heavy (non-hydrogen) atoms. The standard InChI is InChI=1S/C28H27ClN2O4S/c1-20-10-13-24(14-11-20)36(33,34)31(26-15-12-23(29)18-21(26)2)19-28(32)30-16-17-35-27-9-5-7-22-6-3-4-8-25(22)27/h3-15,18H,16-17,19H2,1-2H3,(H,30,32). The van der Waals surface area contributed by atoms with E-state index in [1.807, 2.05) is 49.4 Å². The number of nitrogens with one attached hydrogen (secondary N) is 1. The van der Waals surface area contributed by atoms with Crippen LogP contribution in [0.4, 0.5) is 5.69 Å². The van der Waals surface area contributed by atoms with E-state index >= 15 is 0 Å². The van der Waals surface area contributed by atoms with Gasteiger partial charge >= 0.3 is 0 Å². The maximum absolute atomic E-state index is 13.5. The van der Waals surface area contributed by atoms with Gasteiger partial charge in [-0.05, 0) is 61.2 Å². The maximum Gasteiger partial charge on any atom is 0.264 e. The Balaban J connectivity index is 1.47. The molecule has 0 saturated carbocycles. The summed E-state index contributed by atoms with van der Waals surface area (Å²) in [6, 6.07) is 25.1. The van der Waals surface area contributed by atoms with Gasteiger partial charge in [-0.1, -0.05) is 65.7 Å². The first-order valence-corrected chi connectivity index (χ1v) is 13.3. The summed E-state index contributed by atoms with van der Waals surface area (Å²) in [4.78, 5) is 13.0. The molecule has 0 atom stereocenters. The second-order valence-electron chi connectivity index (χ2n) is 8.43. The monoisotopic (exact) mass is 522 g/mol. The molecule has 6 nitrogen and oxygen atoms in total. The van der Waals surface area contributed by atoms with Crippen molar-refractivity contribution in [1.29, 1.82) is 0 Å². The molecule has 8 heteroatoms. The van der Waals surface area contributed by atoms with Crippen LogP contribution in [0.2, 0.25) is 5.02 Å². The fourth-order valence-electron chi connectivity index (χ4n) is 3.90. The summed E-state index contributed by atoms with van der Waals surface area (Å²) in [6.45, 7) is 3.72. The largest absolute Gasteiger partial charge is 0.491 e. The third kappa shape index (κ3) is 5.80. The summed E-state index contributed by atoms with van der Waals surface area (Å²) in [5.74, 6) is 0.282. The Morgan fingerprint density at radius 2 is 1.67 bits per heavy atom. The van der Waals surface area contributed by atoms with Crippen molar-refractivity contribution >= 4 is 44.0 Å². The van der Waals surface area contributed by atoms with Gasteiger partial charge < -0.3 is 10.1 Å². The minimum absolute atomic E-state index is 0.106. The number of carbonyl (C=O) groups excluding carboxylic acids is 1. The molecule has 0 fully saturated rings. The first-order chi connectivity index (χ1) is 17.3. The third-order valence-electron chi connectivity index (χ3n) is 5.76. The topological polar surface area (TPSA) is 75.7 Å². The molecular formula is C28H27ClN2O4S. The first kappa shape index (κ1) is 25.5. The van der Waals surface area contributed by atoms with Crippen molar-refractivity contribution in [3.05, 3.63) is 101 Å². The summed E-state index contributed by atoms with van der Waals surface area (Å²) in [6.07, 6.45) is 0. The number of fused-ring (bicyclic) bond motifs is 1. The second-order valence-corrected chi connectivity index (χ2v) is 10.7. The Hall–Kier alpha value is -3.55. The van der Waals surface area contributed by atoms with Crippen LogP contribution in [0.1, 0.15) is 11.1 Å². The van der Waals surface area contributed by atoms with Gasteiger partial charge in [0.15, 0.2) is 0 Å². The van der Waals surface area contributed by atoms with E-state index in [0.29, 0.717) is 16.3 Å². The molecule has 4 aromatic rings. The van der Waals surface area contributed by atoms with E-state index in [2.05, 4.69) is 5.32 Å². The molecule has 0 aliphatic heterocycles. The predicted molar refractivity (Wildman–Crippen MR) is 144 cm³/mol. The normalized spacial score (nSPS) is 11.3. The number of nitrogens with zero attached hydrogens (tertiary/aromatic N) is 1. The summed E-state index contributed by atoms with van der Waals surface area (Å²) in [5, 5.41) is 5.30. The number of amides is 1. The molecule has 186 valence electrons. The first-order valence-electron chi connectivity index (χ1n) is 11.5. The summed E-state index contributed by atoms with van der Waals surface area (Å²) in [7, 11) is -4.00. The highest BCUT2D eigenvalue weighted by atomic mass is 35.5. The molecule has 0 bridgehead atoms. The quantitative estimate of drug-likeness (QED) is 0.294. The average Bonchev–Trinajstić information content (AvgIpc) is 2.86. The van der Waals surface area contributed by atoms with Crippen LogP contribution < -0.4 is 14.4 Å². The molecule has 0 aliphatic carbocycles. The van der Waals surface area contributed by atoms with Crippen LogP contribution in [0.25, 0.3) is 10.8 Å². The molecule has 0 saturated heterocycles. The number of rotatable bonds is 9. The van der Waals surface area contributed by atoms with Gasteiger partial charge in [-0.2, -0.15) is 0 Å². The maximum atomic E-state index is 13.5. The van der Waals surface area contributed by atoms with Gasteiger partial charge in [0.2, 0.25) is 5.91 Å². The van der Waals surface area contributed by atoms with E-state index in [1.54, 1.807) is 49.4 Å². The predicted octanol–water partition coefficient (Wildman–Crippen LogP) is 5.50. The lowest BCUT2D eigenvalue weighted by atomic mass is 10.1. The summed E-state index contributed by atoms with van der Waals surface area (Å²) < 4.78 is 34.1. The molecular weight excluding hydrogens is 496 g/mol. The van der Waals surface area contributed by atoms with Crippen molar-refractivity contribution in [2.24, 2.45) is 0 Å². The molecule has 0 radical (unpaired) electrons. The number of benzene rings is 4. The summed E-state index contributed by atoms with van der Waals surface area (Å²) in [5.41, 5.74) is 1.97. The van der Waals surface area contributed by atoms with Gasteiger partial charge in [0.1, 0.15) is 18.9 Å². The fraction of sp³-hybridized carbons (Fsp3) is 0.179. The molecule has 0 aromatic heterocycles. The number of hydrogen-bond acceptors (Lipinski definition) is 4. The van der Waals surface area contributed by atoms with E-state index < -0.39 is 15.9 Å². The minimum Gasteiger partial charge on any atom is -0.491 e. The molecule has 1 N–H and O–H groups in total. The SMILES string of the molecule is Cc1ccc(S(=O)(=O)N(CC(=O)NCCOc2cccc3ccccc23)c2ccc(Cl)cc2C)cc1. The zero-order valence-electron chi connectivity index (χ0n) is 20.1. The van der Waals surface area contributed by atoms with Crippen molar-refractivity contribution in [3.63, 3.8) is 0 Å². The third-order valence-corrected chi connectivity index (χ3v) is 7.76. The average molecular weight is 523 g/mol. The zero-order valence-corrected chi connectivity index (χ0v) is 21.6. The van der Waals surface area contributed by atoms with Crippen LogP contribution in [-0.4, -0.2) is 34.0 Å². The number of anilines is 1. The van der Waals surface area contributed by atoms with Crippen LogP contribution in [0, 0.1) is 13.8 Å². The van der Waals surface area contributed by atoms with Crippen molar-refractivity contribution < 1.29 is 17.9 Å². The van der Waals surface area contributed by atoms with Gasteiger partial charge in [-0.25, -0.2) is 8.42 Å². The smallest absolute Gasteiger partial charge is 0.264 e. The molecule has 4 aromatic carbocycles. The minimum atomic E-state index is -4.00. The Kier molecular flexibility index (Phi) is 7.82. The summed E-state index contributed by atoms with van der Waals surface area (Å²) >= 11 is 6.09. The molecule has 0 aliphatic rings. The van der Waals surface area contributed by atoms with Crippen molar-refractivity contribution in [2.75, 3.05) is 24.0 Å². The van der Waals surface area contributed by atoms with Crippen molar-refractivity contribution in [2.45, 2.75) is 18.7 Å². The lowest BCUT2D eigenvalue weighted by Crippen LogP contribution is -2.42. The highest BCUT2D eigenvalue weighted by molar-refractivity contribution is 7.92. The number of ether oxygens (including phenoxy) is 1. The number of carbonyl (C=O) groups is 1. The molecule has 0 heterocycles. The Morgan fingerprint density at radius 1 is 0.944 bits per heavy atom. The Bertz CT molecular complexity index is 1480. The highest BCUT2D eigenvalue weighted by Crippen LogP contribution is 2.29. The molecule has 4 rings (SSSR count). The van der Waals surface area contributed by atoms with E-state index in [4.69, 9.17) is 16.3 Å². The van der Waals surface area contributed by atoms with Gasteiger partial charge in [-0.15, -0.1) is 0 Å². The second kappa shape index (κ2) is 11.0. The number of halogens is 1. The lowest BCUT2D eigenvalue weighted by molar-refractivity contribution is -0.119. The number of sulfonamides is 1. The van der Waals surface area contributed by atoms with E-state index in [-0.39, 0.29) is 24.6 Å². The van der Waals surface area contributed by atoms with E-state index in [1.165, 1.54) is 0 Å². The van der Waals surface area contributed by atoms with Crippen LogP contribution >= 0.6 is 11.6 Å². The van der Waals surface area contributed by atoms with Crippen molar-refractivity contribution in [3.8, 4) is 5.75 Å². The molecule has 0 spiro atoms. The van der Waals surface area contributed by atoms with Gasteiger partial charge in [-0.3, -0.25) is 9.10 Å². The highest BCUT2D eigenvalue weighted by Gasteiger charge is 2.28. The van der Waals surface area contributed by atoms with Crippen molar-refractivity contribution in [1.82, 2.24) is 5.32 Å². The number of hydrogen-bond donors (Lipinski definition) is 1. The van der Waals surface area contributed by atoms with Crippen LogP contribution in [0.5, 0.6) is 5.75 Å². The zero-order chi connectivity index (χ0) is 25.7. The van der Waals surface area contributed by atoms with E-state index in [0.717, 1.165) is 26.4 Å². The van der Waals surface area contributed by atoms with Crippen LogP contribution in [0.15, 0.2) is 89.8 Å². The molecule has 1 amide bonds. The van der Waals surface area contributed by atoms with Gasteiger partial charge in [0.05, 0.1) is 17.1 Å². The van der Waals surface area contributed by atoms with Crippen LogP contribution in [-0.2, 0) is 14.8 Å². The lowest BCUT2D eigenvalue weighted by Gasteiger charge is -2.26. The fourth-order valence-corrected chi connectivity index (χ4v) is 5.61. The van der Waals surface area contributed by atoms with Gasteiger partial charge in [0, 0.05) is 10.4 Å². The van der Waals surface area contributed by atoms with Crippen LogP contribution in [0.3, 0.4) is 0 Å². The number of aryl methyl sites for hydroxylation is 2. The van der Waals surface area contributed by atoms with Gasteiger partial charge in [0.25, 0.3) is 10.0 Å². The Morgan fingerprint density at radius 3 is 2.42 bits per heavy atom. The Labute approximate surface area is 216 Å². The molecule has 0 unspecified atom stereocenters. The van der Waals surface area contributed by atoms with E-state index in [9.17, 15) is 13.2 Å².